The largest absolute Gasteiger partial charge is 0.508 e. The fraction of sp³-hybridized carbons (Fsp3) is 0. The van der Waals surface area contributed by atoms with Gasteiger partial charge in [0.2, 0.25) is 0 Å². The maximum Gasteiger partial charge on any atom is 0.117 e. The zero-order valence-corrected chi connectivity index (χ0v) is 8.54. The summed E-state index contributed by atoms with van der Waals surface area (Å²) in [5, 5.41) is 21.7. The lowest BCUT2D eigenvalue weighted by Crippen LogP contribution is -2.02. The van der Waals surface area contributed by atoms with Crippen molar-refractivity contribution in [1.29, 1.82) is 0 Å². The monoisotopic (exact) mass is 213 g/mol. The third-order valence-corrected chi connectivity index (χ3v) is 2.27. The number of benzene rings is 2. The van der Waals surface area contributed by atoms with Crippen LogP contribution in [0.25, 0.3) is 0 Å². The molecule has 0 aliphatic rings. The summed E-state index contributed by atoms with van der Waals surface area (Å²) >= 11 is 0. The molecule has 2 rings (SSSR count). The van der Waals surface area contributed by atoms with Crippen LogP contribution in [0.15, 0.2) is 59.8 Å². The highest BCUT2D eigenvalue weighted by Gasteiger charge is 2.07. The van der Waals surface area contributed by atoms with Gasteiger partial charge in [-0.25, -0.2) is 0 Å². The molecular formula is C13H11NO2. The van der Waals surface area contributed by atoms with Gasteiger partial charge in [0.1, 0.15) is 11.5 Å². The molecule has 0 heterocycles. The minimum Gasteiger partial charge on any atom is -0.508 e. The van der Waals surface area contributed by atoms with Gasteiger partial charge < -0.3 is 10.3 Å². The second kappa shape index (κ2) is 4.49. The van der Waals surface area contributed by atoms with Gasteiger partial charge in [-0.3, -0.25) is 0 Å². The zero-order chi connectivity index (χ0) is 11.4. The molecule has 0 aromatic heterocycles. The zero-order valence-electron chi connectivity index (χ0n) is 8.54. The number of hydrogen-bond acceptors (Lipinski definition) is 3. The third kappa shape index (κ3) is 2.03. The molecule has 80 valence electrons. The number of oxime groups is 1. The minimum absolute atomic E-state index is 0.148. The molecule has 0 saturated carbocycles. The van der Waals surface area contributed by atoms with Crippen molar-refractivity contribution in [2.24, 2.45) is 5.16 Å². The van der Waals surface area contributed by atoms with Crippen molar-refractivity contribution in [2.45, 2.75) is 0 Å². The highest BCUT2D eigenvalue weighted by Crippen LogP contribution is 2.15. The number of phenolic OH excluding ortho intramolecular Hbond substituents is 1. The average molecular weight is 213 g/mol. The van der Waals surface area contributed by atoms with Gasteiger partial charge in [-0.2, -0.15) is 0 Å². The van der Waals surface area contributed by atoms with Gasteiger partial charge in [0.05, 0.1) is 0 Å². The van der Waals surface area contributed by atoms with Gasteiger partial charge in [0.15, 0.2) is 0 Å². The molecule has 0 radical (unpaired) electrons. The molecule has 3 heteroatoms. The van der Waals surface area contributed by atoms with E-state index in [2.05, 4.69) is 5.16 Å². The van der Waals surface area contributed by atoms with Crippen molar-refractivity contribution in [2.75, 3.05) is 0 Å². The molecule has 0 atom stereocenters. The third-order valence-electron chi connectivity index (χ3n) is 2.27. The molecule has 0 bridgehead atoms. The standard InChI is InChI=1S/C13H11NO2/c15-12-8-4-7-11(9-12)13(14-16)10-5-2-1-3-6-10/h1-9,15-16H/b14-13-. The molecule has 2 aromatic carbocycles. The van der Waals surface area contributed by atoms with E-state index in [9.17, 15) is 5.11 Å². The van der Waals surface area contributed by atoms with E-state index >= 15 is 0 Å². The maximum atomic E-state index is 9.37. The molecule has 0 aliphatic heterocycles. The van der Waals surface area contributed by atoms with E-state index in [0.29, 0.717) is 11.3 Å². The normalized spacial score (nSPS) is 11.4. The molecule has 0 unspecified atom stereocenters. The predicted molar refractivity (Wildman–Crippen MR) is 62.0 cm³/mol. The van der Waals surface area contributed by atoms with Crippen LogP contribution in [0.5, 0.6) is 5.75 Å². The Kier molecular flexibility index (Phi) is 2.87. The van der Waals surface area contributed by atoms with Gasteiger partial charge in [-0.1, -0.05) is 47.6 Å². The lowest BCUT2D eigenvalue weighted by Gasteiger charge is -2.04. The summed E-state index contributed by atoms with van der Waals surface area (Å²) < 4.78 is 0. The van der Waals surface area contributed by atoms with Crippen molar-refractivity contribution < 1.29 is 10.3 Å². The van der Waals surface area contributed by atoms with Gasteiger partial charge in [-0.05, 0) is 12.1 Å². The summed E-state index contributed by atoms with van der Waals surface area (Å²) in [4.78, 5) is 0. The Hall–Kier alpha value is -2.29. The van der Waals surface area contributed by atoms with Crippen LogP contribution < -0.4 is 0 Å². The highest BCUT2D eigenvalue weighted by molar-refractivity contribution is 6.12. The second-order valence-corrected chi connectivity index (χ2v) is 3.36. The number of hydrogen-bond donors (Lipinski definition) is 2. The van der Waals surface area contributed by atoms with Crippen LogP contribution in [0.1, 0.15) is 11.1 Å². The molecule has 2 aromatic rings. The Balaban J connectivity index is 2.46. The van der Waals surface area contributed by atoms with Crippen LogP contribution >= 0.6 is 0 Å². The lowest BCUT2D eigenvalue weighted by molar-refractivity contribution is 0.319. The maximum absolute atomic E-state index is 9.37. The van der Waals surface area contributed by atoms with Gasteiger partial charge in [0.25, 0.3) is 0 Å². The Morgan fingerprint density at radius 2 is 1.56 bits per heavy atom. The summed E-state index contributed by atoms with van der Waals surface area (Å²) in [5.74, 6) is 0.148. The molecule has 3 nitrogen and oxygen atoms in total. The summed E-state index contributed by atoms with van der Waals surface area (Å²) in [6.07, 6.45) is 0. The SMILES string of the molecule is O/N=C(/c1ccccc1)c1cccc(O)c1. The predicted octanol–water partition coefficient (Wildman–Crippen LogP) is 2.62. The van der Waals surface area contributed by atoms with Gasteiger partial charge in [0, 0.05) is 11.1 Å². The van der Waals surface area contributed by atoms with E-state index in [4.69, 9.17) is 5.21 Å². The first kappa shape index (κ1) is 10.2. The summed E-state index contributed by atoms with van der Waals surface area (Å²) in [5.41, 5.74) is 1.92. The average Bonchev–Trinajstić information content (AvgIpc) is 2.31. The number of rotatable bonds is 2. The van der Waals surface area contributed by atoms with Gasteiger partial charge >= 0.3 is 0 Å². The van der Waals surface area contributed by atoms with E-state index < -0.39 is 0 Å². The molecule has 0 amide bonds. The molecular weight excluding hydrogens is 202 g/mol. The van der Waals surface area contributed by atoms with Crippen molar-refractivity contribution in [3.8, 4) is 5.75 Å². The van der Waals surface area contributed by atoms with E-state index in [1.54, 1.807) is 24.3 Å². The molecule has 0 spiro atoms. The fourth-order valence-corrected chi connectivity index (χ4v) is 1.53. The first-order valence-electron chi connectivity index (χ1n) is 4.88. The summed E-state index contributed by atoms with van der Waals surface area (Å²) in [6, 6.07) is 15.9. The van der Waals surface area contributed by atoms with E-state index in [0.717, 1.165) is 5.56 Å². The molecule has 16 heavy (non-hydrogen) atoms. The van der Waals surface area contributed by atoms with E-state index in [1.807, 2.05) is 30.3 Å². The lowest BCUT2D eigenvalue weighted by atomic mass is 10.0. The Morgan fingerprint density at radius 1 is 0.875 bits per heavy atom. The topological polar surface area (TPSA) is 52.8 Å². The number of phenols is 1. The quantitative estimate of drug-likeness (QED) is 0.457. The Morgan fingerprint density at radius 3 is 2.19 bits per heavy atom. The first-order chi connectivity index (χ1) is 7.81. The van der Waals surface area contributed by atoms with Crippen LogP contribution in [0.2, 0.25) is 0 Å². The molecule has 0 aliphatic carbocycles. The summed E-state index contributed by atoms with van der Waals surface area (Å²) in [7, 11) is 0. The van der Waals surface area contributed by atoms with E-state index in [1.165, 1.54) is 0 Å². The molecule has 2 N–H and O–H groups in total. The molecule has 0 saturated heterocycles. The first-order valence-corrected chi connectivity index (χ1v) is 4.88. The number of nitrogens with zero attached hydrogens (tertiary/aromatic N) is 1. The summed E-state index contributed by atoms with van der Waals surface area (Å²) in [6.45, 7) is 0. The van der Waals surface area contributed by atoms with Crippen molar-refractivity contribution in [3.05, 3.63) is 65.7 Å². The molecule has 0 fully saturated rings. The van der Waals surface area contributed by atoms with Crippen LogP contribution in [0.4, 0.5) is 0 Å². The highest BCUT2D eigenvalue weighted by atomic mass is 16.4. The van der Waals surface area contributed by atoms with Crippen LogP contribution in [-0.2, 0) is 0 Å². The van der Waals surface area contributed by atoms with E-state index in [-0.39, 0.29) is 5.75 Å². The van der Waals surface area contributed by atoms with Crippen molar-refractivity contribution in [1.82, 2.24) is 0 Å². The van der Waals surface area contributed by atoms with Gasteiger partial charge in [-0.15, -0.1) is 0 Å². The smallest absolute Gasteiger partial charge is 0.117 e. The van der Waals surface area contributed by atoms with Crippen LogP contribution in [0.3, 0.4) is 0 Å². The number of aromatic hydroxyl groups is 1. The minimum atomic E-state index is 0.148. The Labute approximate surface area is 93.3 Å². The van der Waals surface area contributed by atoms with Crippen molar-refractivity contribution >= 4 is 5.71 Å². The second-order valence-electron chi connectivity index (χ2n) is 3.36. The van der Waals surface area contributed by atoms with Crippen LogP contribution in [-0.4, -0.2) is 16.0 Å². The van der Waals surface area contributed by atoms with Crippen molar-refractivity contribution in [3.63, 3.8) is 0 Å². The Bertz CT molecular complexity index is 506. The fourth-order valence-electron chi connectivity index (χ4n) is 1.53. The van der Waals surface area contributed by atoms with Crippen LogP contribution in [0, 0.1) is 0 Å².